The zero-order valence-corrected chi connectivity index (χ0v) is 82.9. The van der Waals surface area contributed by atoms with Crippen LogP contribution < -0.4 is 33.2 Å². The van der Waals surface area contributed by atoms with Crippen LogP contribution in [0.25, 0.3) is 0 Å². The second-order valence-corrected chi connectivity index (χ2v) is 38.8. The summed E-state index contributed by atoms with van der Waals surface area (Å²) in [7, 11) is -9.16. The largest absolute Gasteiger partial charge is 0.535 e. The average Bonchev–Trinajstić information content (AvgIpc) is 0.781. The van der Waals surface area contributed by atoms with Crippen LogP contribution in [-0.2, 0) is 96.5 Å². The van der Waals surface area contributed by atoms with Crippen molar-refractivity contribution in [3.05, 3.63) is 173 Å². The van der Waals surface area contributed by atoms with E-state index >= 15 is 0 Å². The van der Waals surface area contributed by atoms with Gasteiger partial charge in [0, 0.05) is 175 Å². The molecule has 1 amide bonds. The maximum Gasteiger partial charge on any atom is 0.526 e. The minimum Gasteiger partial charge on any atom is -0.535 e. The number of halogens is 2. The predicted molar refractivity (Wildman–Crippen MR) is 525 cm³/mol. The molecule has 142 heavy (non-hydrogen) atoms. The second-order valence-electron chi connectivity index (χ2n) is 36.3. The highest BCUT2D eigenvalue weighted by Crippen LogP contribution is 2.46. The van der Waals surface area contributed by atoms with Crippen molar-refractivity contribution in [3.8, 4) is 46.8 Å². The molecule has 0 bridgehead atoms. The molecule has 44 heteroatoms. The Morgan fingerprint density at radius 1 is 0.423 bits per heavy atom. The van der Waals surface area contributed by atoms with E-state index in [0.717, 1.165) is 33.3 Å². The van der Waals surface area contributed by atoms with Crippen molar-refractivity contribution in [1.82, 2.24) is 9.62 Å². The van der Waals surface area contributed by atoms with Gasteiger partial charge < -0.3 is 93.1 Å². The number of carboxylic acids is 3. The minimum absolute atomic E-state index is 0.00386. The number of aryl methyl sites for hydroxylation is 2. The van der Waals surface area contributed by atoms with E-state index in [4.69, 9.17) is 46.0 Å². The molecular weight excluding hydrogens is 1880 g/mol. The highest BCUT2D eigenvalue weighted by atomic mass is 35.5. The number of nitrogens with zero attached hydrogens (tertiary/aromatic N) is 1. The van der Waals surface area contributed by atoms with Crippen LogP contribution in [0, 0.1) is 38.9 Å². The molecule has 6 aliphatic rings. The van der Waals surface area contributed by atoms with Gasteiger partial charge in [0.25, 0.3) is 0 Å². The Bertz CT molecular complexity index is 5930. The third kappa shape index (κ3) is 34.3. The van der Waals surface area contributed by atoms with E-state index in [9.17, 15) is 135 Å². The van der Waals surface area contributed by atoms with Gasteiger partial charge >= 0.3 is 60.6 Å². The van der Waals surface area contributed by atoms with Gasteiger partial charge in [-0.2, -0.15) is 0 Å². The zero-order valence-electron chi connectivity index (χ0n) is 81.3. The molecular formula is C98H118B6ClFN2O33S. The summed E-state index contributed by atoms with van der Waals surface area (Å²) in [6.07, 6.45) is 12.5. The number of benzene rings is 6. The summed E-state index contributed by atoms with van der Waals surface area (Å²) in [4.78, 5) is 184. The van der Waals surface area contributed by atoms with Gasteiger partial charge in [-0.25, -0.2) is 31.5 Å². The molecule has 6 heterocycles. The van der Waals surface area contributed by atoms with E-state index in [2.05, 4.69) is 11.2 Å². The summed E-state index contributed by atoms with van der Waals surface area (Å²) in [6, 6.07) is 22.0. The molecule has 35 nitrogen and oxygen atoms in total. The number of amides is 1. The normalized spacial score (nSPS) is 16.5. The topological polar surface area (TPSA) is 560 Å². The Morgan fingerprint density at radius 2 is 0.754 bits per heavy atom. The van der Waals surface area contributed by atoms with Gasteiger partial charge in [0.1, 0.15) is 109 Å². The van der Waals surface area contributed by atoms with Crippen LogP contribution in [0.4, 0.5) is 4.39 Å². The highest BCUT2D eigenvalue weighted by molar-refractivity contribution is 7.88. The summed E-state index contributed by atoms with van der Waals surface area (Å²) in [5.74, 6) is -4.22. The number of carbonyl (C=O) groups excluding carboxylic acids is 13. The van der Waals surface area contributed by atoms with Crippen molar-refractivity contribution >= 4 is 158 Å². The number of para-hydroxylation sites is 3. The Labute approximate surface area is 830 Å². The van der Waals surface area contributed by atoms with Crippen LogP contribution in [0.1, 0.15) is 276 Å². The Balaban J connectivity index is 0.000000231. The number of unbranched alkanes of at least 4 members (excludes halogenated alkanes) is 1. The number of aromatic carboxylic acids is 3. The van der Waals surface area contributed by atoms with Gasteiger partial charge in [-0.3, -0.25) is 47.9 Å². The zero-order chi connectivity index (χ0) is 106. The monoisotopic (exact) mass is 2000 g/mol. The molecule has 0 saturated carbocycles. The molecule has 0 spiro atoms. The van der Waals surface area contributed by atoms with Crippen LogP contribution in [0.15, 0.2) is 78.9 Å². The summed E-state index contributed by atoms with van der Waals surface area (Å²) in [6.45, 7) is 15.3. The molecule has 0 fully saturated rings. The number of sulfonamides is 1. The summed E-state index contributed by atoms with van der Waals surface area (Å²) in [5.41, 5.74) is 5.93. The third-order valence-corrected chi connectivity index (χ3v) is 26.3. The Morgan fingerprint density at radius 3 is 1.10 bits per heavy atom. The lowest BCUT2D eigenvalue weighted by Crippen LogP contribution is -2.36. The molecule has 0 aliphatic carbocycles. The Hall–Kier alpha value is -12.1. The first-order chi connectivity index (χ1) is 66.7. The fraction of sp³-hybridized carbons (Fsp3) is 0.449. The van der Waals surface area contributed by atoms with Crippen LogP contribution >= 0.6 is 11.6 Å². The Kier molecular flexibility index (Phi) is 44.7. The third-order valence-electron chi connectivity index (χ3n) is 24.6. The van der Waals surface area contributed by atoms with Crippen molar-refractivity contribution in [2.75, 3.05) is 26.4 Å². The number of fused-ring (bicyclic) bond motifs is 6. The summed E-state index contributed by atoms with van der Waals surface area (Å²) < 4.78 is 70.7. The van der Waals surface area contributed by atoms with Crippen molar-refractivity contribution in [3.63, 3.8) is 0 Å². The van der Waals surface area contributed by atoms with Gasteiger partial charge in [0.15, 0.2) is 17.3 Å². The molecule has 756 valence electrons. The molecule has 0 aromatic heterocycles. The number of rotatable bonds is 38. The van der Waals surface area contributed by atoms with Gasteiger partial charge in [-0.15, -0.1) is 12.3 Å². The van der Waals surface area contributed by atoms with Crippen LogP contribution in [0.3, 0.4) is 0 Å². The van der Waals surface area contributed by atoms with Crippen molar-refractivity contribution in [2.24, 2.45) is 0 Å². The number of hydrogen-bond acceptors (Lipinski definition) is 30. The second kappa shape index (κ2) is 54.4. The van der Waals surface area contributed by atoms with E-state index in [1.807, 2.05) is 18.2 Å². The molecule has 0 saturated heterocycles. The lowest BCUT2D eigenvalue weighted by Gasteiger charge is -2.29. The molecule has 6 atom stereocenters. The van der Waals surface area contributed by atoms with Crippen molar-refractivity contribution < 1.29 is 163 Å². The highest BCUT2D eigenvalue weighted by Gasteiger charge is 2.45. The van der Waals surface area contributed by atoms with Crippen LogP contribution in [0.5, 0.6) is 34.5 Å². The molecule has 12 rings (SSSR count). The van der Waals surface area contributed by atoms with E-state index in [0.29, 0.717) is 126 Å². The molecule has 0 radical (unpaired) electrons. The van der Waals surface area contributed by atoms with Crippen molar-refractivity contribution in [2.45, 2.75) is 258 Å². The standard InChI is InChI=1S/C17H22BNO5.C17H19BO4.C16H18BClO6.C16H18BFO6.C16H22BNO6S.C16H19BO6/c1-11(20)16-7-3-5-13-9-14(18(23)24-17(13)16)10-15(22)6-4-8-19-12(2)21;1-3-4-5-8-15(20)11-14-10-13-7-6-9-16(12(2)19)17(13)22-18(14)21;1-8(19)3-4-12(20)7-11-5-10-6-13(18)9(2)14(16(21)22)15(10)24-17(11)23;1-8-5-13(16(21)22)15-12(14(8)18)7-10(17(23)24-15)6-11(20)4-3-9(2)19;1-11(19)15-6-4-5-12-9-13(17(21)24-16(12)15)10-14(20)7-8-18(2)25(3,22)23;1-9-3-5-11-7-12(8-13(19)6-4-10(2)18)17(22)23-15(11)14(9)16(20)21/h3,5,7,14,23H,4,6,8-10H2,1-2H3,(H,19,21);1,6-7,9,14,21H,4-5,8,10-11H2,2H3;6,11,23H,3-5,7H2,1-2H3,(H,21,22);5,10,23H,3-4,6-7H2,1-2H3,(H,21,22);4-6,13,21H,7-10H2,1-3H3;3,5,12,22H,4,6-8H2,1-2H3,(H,20,21)/t2*14-;11-;10-;13-;12-/m111011/s1. The van der Waals surface area contributed by atoms with Gasteiger partial charge in [-0.1, -0.05) is 60.1 Å². The average molecular weight is 2000 g/mol. The summed E-state index contributed by atoms with van der Waals surface area (Å²) in [5, 5.41) is 91.6. The maximum atomic E-state index is 14.3. The van der Waals surface area contributed by atoms with Crippen LogP contribution in [-0.4, -0.2) is 221 Å². The summed E-state index contributed by atoms with van der Waals surface area (Å²) >= 11 is 6.08. The molecule has 6 aromatic carbocycles. The number of nitrogens with one attached hydrogen (secondary N) is 1. The first kappa shape index (κ1) is 117. The quantitative estimate of drug-likeness (QED) is 0.00745. The lowest BCUT2D eigenvalue weighted by molar-refractivity contribution is -0.123. The number of Topliss-reactive ketones (excluding diaryl/α,β-unsaturated/α-hetero) is 12. The number of carboxylic acid groups (broad SMARTS) is 3. The molecule has 6 aliphatic heterocycles. The predicted octanol–water partition coefficient (Wildman–Crippen LogP) is 11.1. The van der Waals surface area contributed by atoms with Gasteiger partial charge in [-0.05, 0) is 189 Å². The number of hydrogen-bond donors (Lipinski definition) is 10. The van der Waals surface area contributed by atoms with E-state index in [1.165, 1.54) is 62.4 Å². The number of carbonyl (C=O) groups is 16. The smallest absolute Gasteiger partial charge is 0.526 e. The van der Waals surface area contributed by atoms with Crippen LogP contribution in [0.2, 0.25) is 39.9 Å². The van der Waals surface area contributed by atoms with E-state index < -0.39 is 99.7 Å². The molecule has 6 aromatic rings. The minimum atomic E-state index is -3.32. The fourth-order valence-corrected chi connectivity index (χ4v) is 17.4. The van der Waals surface area contributed by atoms with Gasteiger partial charge in [0.05, 0.1) is 22.9 Å². The number of ketones is 12. The number of terminal acetylenes is 1. The lowest BCUT2D eigenvalue weighted by atomic mass is 9.64. The first-order valence-corrected chi connectivity index (χ1v) is 48.5. The molecule has 10 N–H and O–H groups in total. The first-order valence-electron chi connectivity index (χ1n) is 46.3. The van der Waals surface area contributed by atoms with Crippen molar-refractivity contribution in [1.29, 1.82) is 0 Å². The van der Waals surface area contributed by atoms with Gasteiger partial charge in [0.2, 0.25) is 15.9 Å². The molecule has 0 unspecified atom stereocenters. The maximum absolute atomic E-state index is 14.3. The van der Waals surface area contributed by atoms with E-state index in [-0.39, 0.29) is 235 Å². The van der Waals surface area contributed by atoms with E-state index in [1.54, 1.807) is 68.4 Å². The fourth-order valence-electron chi connectivity index (χ4n) is 16.7. The SMILES string of the molecule is C#CCCCC(=O)C[C@H]1Cc2cccc(C(C)=O)c2OB1O.CC(=O)CCC(=O)C[C@H]1Cc2c(F)c(C)cc(C(=O)O)c2OB1O.CC(=O)CCC(=O)C[C@H]1Cc2cc(Cl)c(C)c(C(=O)O)c2OB1O.CC(=O)CCC(=O)C[C@H]1Cc2ccc(C)c(C(=O)O)c2OB1O.CC(=O)NCCCC(=O)C[C@H]1Cc2cccc(C(C)=O)c2OB1O.CC(=O)c1cccc2c1OB(O)[C@@H](CC(=O)CCN(C)S(C)(=O)=O)C2.